The van der Waals surface area contributed by atoms with E-state index in [1.807, 2.05) is 68.6 Å². The van der Waals surface area contributed by atoms with Gasteiger partial charge in [-0.15, -0.1) is 0 Å². The molecule has 0 fully saturated rings. The van der Waals surface area contributed by atoms with Crippen LogP contribution in [-0.2, 0) is 12.5 Å². The van der Waals surface area contributed by atoms with Crippen LogP contribution >= 0.6 is 10.0 Å². The molecule has 0 atom stereocenters. The molecule has 38 heavy (non-hydrogen) atoms. The molecular formula is C31H29N5OS. The smallest absolute Gasteiger partial charge is 0.293 e. The number of benzene rings is 2. The number of imidazole rings is 1. The van der Waals surface area contributed by atoms with Crippen LogP contribution in [0.3, 0.4) is 0 Å². The summed E-state index contributed by atoms with van der Waals surface area (Å²) in [6.07, 6.45) is 10.0. The molecular weight excluding hydrogens is 490 g/mol. The molecule has 3 aromatic heterocycles. The summed E-state index contributed by atoms with van der Waals surface area (Å²) < 4.78 is 3.34. The first-order valence-corrected chi connectivity index (χ1v) is 15.0. The van der Waals surface area contributed by atoms with Crippen LogP contribution in [0.5, 0.6) is 0 Å². The van der Waals surface area contributed by atoms with E-state index in [9.17, 15) is 10.1 Å². The minimum absolute atomic E-state index is 0.155. The van der Waals surface area contributed by atoms with Crippen molar-refractivity contribution in [2.75, 3.05) is 18.8 Å². The monoisotopic (exact) mass is 519 g/mol. The summed E-state index contributed by atoms with van der Waals surface area (Å²) in [7, 11) is 0.837. The fourth-order valence-electron chi connectivity index (χ4n) is 4.35. The van der Waals surface area contributed by atoms with E-state index in [0.29, 0.717) is 0 Å². The summed E-state index contributed by atoms with van der Waals surface area (Å²) in [5, 5.41) is 13.7. The Kier molecular flexibility index (Phi) is 6.13. The summed E-state index contributed by atoms with van der Waals surface area (Å²) in [6, 6.07) is 20.0. The second-order valence-corrected chi connectivity index (χ2v) is 14.6. The average Bonchev–Trinajstić information content (AvgIpc) is 3.17. The third-order valence-corrected chi connectivity index (χ3v) is 7.31. The van der Waals surface area contributed by atoms with Crippen LogP contribution in [0.2, 0.25) is 0 Å². The van der Waals surface area contributed by atoms with Crippen molar-refractivity contribution in [3.8, 4) is 34.1 Å². The fraction of sp³-hybridized carbons (Fsp3) is 0.226. The van der Waals surface area contributed by atoms with Gasteiger partial charge in [0.05, 0.1) is 39.9 Å². The molecule has 5 aromatic rings. The lowest BCUT2D eigenvalue weighted by Gasteiger charge is -2.16. The van der Waals surface area contributed by atoms with Crippen molar-refractivity contribution in [2.24, 2.45) is 7.05 Å². The second kappa shape index (κ2) is 9.20. The van der Waals surface area contributed by atoms with Crippen LogP contribution in [0.1, 0.15) is 25.1 Å². The highest BCUT2D eigenvalue weighted by Crippen LogP contribution is 2.33. The van der Waals surface area contributed by atoms with Gasteiger partial charge in [-0.1, -0.05) is 24.3 Å². The van der Waals surface area contributed by atoms with Crippen LogP contribution in [0.15, 0.2) is 71.8 Å². The SMILES string of the molecule is Cn1c(=O)n(-c2ccc(C(C)(C)C#N)cc2)c2c3cc(-c4ccc(C#CS(C)(C)C)nc4)ccc3ncc21. The highest BCUT2D eigenvalue weighted by molar-refractivity contribution is 8.35. The van der Waals surface area contributed by atoms with E-state index < -0.39 is 15.4 Å². The van der Waals surface area contributed by atoms with E-state index >= 15 is 0 Å². The van der Waals surface area contributed by atoms with Crippen molar-refractivity contribution in [3.63, 3.8) is 0 Å². The van der Waals surface area contributed by atoms with E-state index in [2.05, 4.69) is 52.0 Å². The highest BCUT2D eigenvalue weighted by atomic mass is 32.3. The second-order valence-electron chi connectivity index (χ2n) is 10.7. The fourth-order valence-corrected chi connectivity index (χ4v) is 4.76. The first kappa shape index (κ1) is 25.3. The molecule has 5 rings (SSSR count). The van der Waals surface area contributed by atoms with E-state index in [-0.39, 0.29) is 5.69 Å². The molecule has 0 spiro atoms. The normalized spacial score (nSPS) is 12.2. The molecule has 190 valence electrons. The molecule has 0 aliphatic rings. The van der Waals surface area contributed by atoms with Gasteiger partial charge in [-0.05, 0) is 85.2 Å². The lowest BCUT2D eigenvalue weighted by molar-refractivity contribution is 0.686. The first-order valence-electron chi connectivity index (χ1n) is 12.2. The summed E-state index contributed by atoms with van der Waals surface area (Å²) in [5.74, 6) is 3.18. The number of hydrogen-bond donors (Lipinski definition) is 0. The van der Waals surface area contributed by atoms with Crippen LogP contribution in [0, 0.1) is 22.5 Å². The van der Waals surface area contributed by atoms with Crippen molar-refractivity contribution in [3.05, 3.63) is 88.7 Å². The van der Waals surface area contributed by atoms with E-state index in [1.165, 1.54) is 0 Å². The first-order chi connectivity index (χ1) is 18.0. The Labute approximate surface area is 223 Å². The Morgan fingerprint density at radius 2 is 1.63 bits per heavy atom. The number of nitrogens with zero attached hydrogens (tertiary/aromatic N) is 5. The number of rotatable bonds is 3. The minimum Gasteiger partial charge on any atom is -0.293 e. The zero-order chi connectivity index (χ0) is 27.2. The number of fused-ring (bicyclic) bond motifs is 3. The molecule has 0 N–H and O–H groups in total. The van der Waals surface area contributed by atoms with E-state index in [0.717, 1.165) is 50.0 Å². The molecule has 0 saturated carbocycles. The van der Waals surface area contributed by atoms with Gasteiger partial charge in [0, 0.05) is 24.2 Å². The molecule has 0 radical (unpaired) electrons. The van der Waals surface area contributed by atoms with Gasteiger partial charge in [-0.25, -0.2) is 9.78 Å². The Morgan fingerprint density at radius 3 is 2.26 bits per heavy atom. The predicted octanol–water partition coefficient (Wildman–Crippen LogP) is 5.74. The number of hydrogen-bond acceptors (Lipinski definition) is 4. The maximum absolute atomic E-state index is 13.4. The maximum atomic E-state index is 13.4. The van der Waals surface area contributed by atoms with Gasteiger partial charge in [-0.2, -0.15) is 15.3 Å². The molecule has 3 heterocycles. The summed E-state index contributed by atoms with van der Waals surface area (Å²) >= 11 is 0. The van der Waals surface area contributed by atoms with Crippen molar-refractivity contribution in [1.82, 2.24) is 19.1 Å². The Morgan fingerprint density at radius 1 is 0.921 bits per heavy atom. The highest BCUT2D eigenvalue weighted by Gasteiger charge is 2.21. The van der Waals surface area contributed by atoms with Crippen LogP contribution < -0.4 is 5.69 Å². The lowest BCUT2D eigenvalue weighted by Crippen LogP contribution is -2.21. The van der Waals surface area contributed by atoms with Gasteiger partial charge in [-0.3, -0.25) is 14.1 Å². The Hall–Kier alpha value is -4.33. The van der Waals surface area contributed by atoms with Gasteiger partial charge in [0.1, 0.15) is 5.69 Å². The quantitative estimate of drug-likeness (QED) is 0.285. The van der Waals surface area contributed by atoms with Gasteiger partial charge in [0.15, 0.2) is 0 Å². The van der Waals surface area contributed by atoms with Crippen molar-refractivity contribution in [2.45, 2.75) is 19.3 Å². The molecule has 7 heteroatoms. The molecule has 6 nitrogen and oxygen atoms in total. The van der Waals surface area contributed by atoms with Crippen LogP contribution in [0.25, 0.3) is 38.8 Å². The maximum Gasteiger partial charge on any atom is 0.333 e. The summed E-state index contributed by atoms with van der Waals surface area (Å²) in [5.41, 5.74) is 5.90. The number of aryl methyl sites for hydroxylation is 1. The summed E-state index contributed by atoms with van der Waals surface area (Å²) in [4.78, 5) is 22.6. The Balaban J connectivity index is 1.66. The molecule has 0 bridgehead atoms. The van der Waals surface area contributed by atoms with Gasteiger partial charge < -0.3 is 0 Å². The zero-order valence-electron chi connectivity index (χ0n) is 22.4. The molecule has 0 unspecified atom stereocenters. The minimum atomic E-state index is -0.922. The topological polar surface area (TPSA) is 76.5 Å². The van der Waals surface area contributed by atoms with Crippen molar-refractivity contribution >= 4 is 32.0 Å². The number of nitriles is 1. The number of pyridine rings is 2. The third kappa shape index (κ3) is 4.58. The molecule has 0 saturated heterocycles. The van der Waals surface area contributed by atoms with Crippen molar-refractivity contribution < 1.29 is 0 Å². The largest absolute Gasteiger partial charge is 0.333 e. The predicted molar refractivity (Wildman–Crippen MR) is 158 cm³/mol. The molecule has 0 aliphatic heterocycles. The van der Waals surface area contributed by atoms with E-state index in [4.69, 9.17) is 0 Å². The van der Waals surface area contributed by atoms with Crippen LogP contribution in [0.4, 0.5) is 0 Å². The summed E-state index contributed by atoms with van der Waals surface area (Å²) in [6.45, 7) is 3.76. The van der Waals surface area contributed by atoms with Crippen LogP contribution in [-0.4, -0.2) is 37.9 Å². The molecule has 0 aliphatic carbocycles. The van der Waals surface area contributed by atoms with Gasteiger partial charge in [0.2, 0.25) is 0 Å². The lowest BCUT2D eigenvalue weighted by atomic mass is 9.86. The number of aromatic nitrogens is 4. The average molecular weight is 520 g/mol. The zero-order valence-corrected chi connectivity index (χ0v) is 23.2. The molecule has 0 amide bonds. The van der Waals surface area contributed by atoms with Crippen molar-refractivity contribution in [1.29, 1.82) is 5.26 Å². The van der Waals surface area contributed by atoms with E-state index in [1.54, 1.807) is 22.4 Å². The van der Waals surface area contributed by atoms with Gasteiger partial charge in [0.25, 0.3) is 0 Å². The molecule has 2 aromatic carbocycles. The van der Waals surface area contributed by atoms with Gasteiger partial charge >= 0.3 is 5.69 Å². The third-order valence-electron chi connectivity index (χ3n) is 6.59. The standard InChI is InChI=1S/C31H29N5OS/c1-31(2,20-32)23-9-12-25(13-10-23)36-29-26-17-21(8-14-27(26)34-19-28(29)35(3)30(36)37)22-7-11-24(33-18-22)15-16-38(4,5)6/h7-14,17-19H,1-6H3. The Bertz CT molecular complexity index is 1850.